The molecule has 0 bridgehead atoms. The Morgan fingerprint density at radius 2 is 2.45 bits per heavy atom. The van der Waals surface area contributed by atoms with Crippen LogP contribution in [0.3, 0.4) is 0 Å². The summed E-state index contributed by atoms with van der Waals surface area (Å²) >= 11 is 0. The zero-order valence-electron chi connectivity index (χ0n) is 7.18. The first kappa shape index (κ1) is 8.31. The van der Waals surface area contributed by atoms with Crippen LogP contribution in [-0.2, 0) is 4.79 Å². The molecule has 1 unspecified atom stereocenters. The highest BCUT2D eigenvalue weighted by Gasteiger charge is 2.13. The third-order valence-corrected chi connectivity index (χ3v) is 2.09. The molecule has 2 heteroatoms. The molecule has 1 N–H and O–H groups in total. The Hall–Kier alpha value is -0.790. The SMILES string of the molecule is CC(=O)NC1CCCC=C1C. The summed E-state index contributed by atoms with van der Waals surface area (Å²) in [7, 11) is 0. The second kappa shape index (κ2) is 3.56. The average Bonchev–Trinajstić information content (AvgIpc) is 1.93. The molecule has 1 rings (SSSR count). The van der Waals surface area contributed by atoms with Crippen LogP contribution in [0, 0.1) is 0 Å². The number of hydrogen-bond acceptors (Lipinski definition) is 1. The van der Waals surface area contributed by atoms with E-state index in [2.05, 4.69) is 18.3 Å². The van der Waals surface area contributed by atoms with Crippen molar-refractivity contribution in [1.82, 2.24) is 5.32 Å². The lowest BCUT2D eigenvalue weighted by molar-refractivity contribution is -0.119. The van der Waals surface area contributed by atoms with Crippen LogP contribution in [0.1, 0.15) is 33.1 Å². The van der Waals surface area contributed by atoms with E-state index in [4.69, 9.17) is 0 Å². The van der Waals surface area contributed by atoms with Crippen LogP contribution >= 0.6 is 0 Å². The standard InChI is InChI=1S/C9H15NO/c1-7-5-3-4-6-9(7)10-8(2)11/h5,9H,3-4,6H2,1-2H3,(H,10,11). The van der Waals surface area contributed by atoms with Crippen molar-refractivity contribution in [2.45, 2.75) is 39.2 Å². The van der Waals surface area contributed by atoms with Crippen molar-refractivity contribution in [2.24, 2.45) is 0 Å². The highest BCUT2D eigenvalue weighted by atomic mass is 16.1. The maximum atomic E-state index is 10.7. The van der Waals surface area contributed by atoms with E-state index < -0.39 is 0 Å². The molecule has 2 nitrogen and oxygen atoms in total. The van der Waals surface area contributed by atoms with Gasteiger partial charge in [-0.15, -0.1) is 0 Å². The fourth-order valence-corrected chi connectivity index (χ4v) is 1.45. The van der Waals surface area contributed by atoms with Crippen molar-refractivity contribution in [3.8, 4) is 0 Å². The Kier molecular flexibility index (Phi) is 2.69. The van der Waals surface area contributed by atoms with Crippen molar-refractivity contribution in [2.75, 3.05) is 0 Å². The van der Waals surface area contributed by atoms with Crippen molar-refractivity contribution in [3.05, 3.63) is 11.6 Å². The Morgan fingerprint density at radius 3 is 3.00 bits per heavy atom. The summed E-state index contributed by atoms with van der Waals surface area (Å²) < 4.78 is 0. The van der Waals surface area contributed by atoms with E-state index in [9.17, 15) is 4.79 Å². The largest absolute Gasteiger partial charge is 0.350 e. The molecular formula is C9H15NO. The average molecular weight is 153 g/mol. The van der Waals surface area contributed by atoms with Gasteiger partial charge in [0.1, 0.15) is 0 Å². The minimum atomic E-state index is 0.0737. The van der Waals surface area contributed by atoms with Crippen LogP contribution in [0.5, 0.6) is 0 Å². The highest BCUT2D eigenvalue weighted by molar-refractivity contribution is 5.73. The Bertz CT molecular complexity index is 184. The predicted molar refractivity (Wildman–Crippen MR) is 45.2 cm³/mol. The number of nitrogens with one attached hydrogen (secondary N) is 1. The number of allylic oxidation sites excluding steroid dienone is 1. The summed E-state index contributed by atoms with van der Waals surface area (Å²) in [5.74, 6) is 0.0737. The first-order valence-corrected chi connectivity index (χ1v) is 4.14. The van der Waals surface area contributed by atoms with E-state index in [1.165, 1.54) is 18.4 Å². The van der Waals surface area contributed by atoms with Crippen LogP contribution in [0.25, 0.3) is 0 Å². The van der Waals surface area contributed by atoms with Gasteiger partial charge in [-0.25, -0.2) is 0 Å². The quantitative estimate of drug-likeness (QED) is 0.570. The van der Waals surface area contributed by atoms with Gasteiger partial charge in [-0.1, -0.05) is 11.6 Å². The van der Waals surface area contributed by atoms with E-state index in [-0.39, 0.29) is 5.91 Å². The molecule has 1 aliphatic carbocycles. The molecule has 0 radical (unpaired) electrons. The van der Waals surface area contributed by atoms with E-state index in [0.29, 0.717) is 6.04 Å². The number of carbonyl (C=O) groups is 1. The van der Waals surface area contributed by atoms with E-state index in [1.807, 2.05) is 0 Å². The third kappa shape index (κ3) is 2.37. The van der Waals surface area contributed by atoms with Crippen LogP contribution in [-0.4, -0.2) is 11.9 Å². The van der Waals surface area contributed by atoms with Gasteiger partial charge >= 0.3 is 0 Å². The molecule has 1 atom stereocenters. The Balaban J connectivity index is 2.50. The summed E-state index contributed by atoms with van der Waals surface area (Å²) in [4.78, 5) is 10.7. The number of carbonyl (C=O) groups excluding carboxylic acids is 1. The molecule has 11 heavy (non-hydrogen) atoms. The van der Waals surface area contributed by atoms with Crippen LogP contribution in [0.4, 0.5) is 0 Å². The van der Waals surface area contributed by atoms with Crippen molar-refractivity contribution >= 4 is 5.91 Å². The van der Waals surface area contributed by atoms with Gasteiger partial charge in [-0.2, -0.15) is 0 Å². The van der Waals surface area contributed by atoms with Crippen LogP contribution in [0.15, 0.2) is 11.6 Å². The molecule has 62 valence electrons. The van der Waals surface area contributed by atoms with Gasteiger partial charge in [-0.3, -0.25) is 4.79 Å². The second-order valence-corrected chi connectivity index (χ2v) is 3.13. The molecule has 0 aromatic rings. The molecule has 0 saturated heterocycles. The van der Waals surface area contributed by atoms with Crippen molar-refractivity contribution < 1.29 is 4.79 Å². The molecule has 0 aromatic heterocycles. The number of rotatable bonds is 1. The molecule has 0 aliphatic heterocycles. The molecule has 1 amide bonds. The number of amides is 1. The van der Waals surface area contributed by atoms with Gasteiger partial charge in [0, 0.05) is 13.0 Å². The monoisotopic (exact) mass is 153 g/mol. The van der Waals surface area contributed by atoms with E-state index >= 15 is 0 Å². The summed E-state index contributed by atoms with van der Waals surface area (Å²) in [5, 5.41) is 2.92. The first-order chi connectivity index (χ1) is 5.20. The molecule has 0 aromatic carbocycles. The number of hydrogen-bond donors (Lipinski definition) is 1. The fraction of sp³-hybridized carbons (Fsp3) is 0.667. The molecule has 0 fully saturated rings. The molecule has 0 heterocycles. The van der Waals surface area contributed by atoms with Crippen LogP contribution < -0.4 is 5.32 Å². The van der Waals surface area contributed by atoms with E-state index in [1.54, 1.807) is 6.92 Å². The molecule has 1 aliphatic rings. The molecule has 0 spiro atoms. The van der Waals surface area contributed by atoms with Gasteiger partial charge in [0.05, 0.1) is 0 Å². The lowest BCUT2D eigenvalue weighted by Gasteiger charge is -2.22. The maximum Gasteiger partial charge on any atom is 0.217 e. The Labute approximate surface area is 67.7 Å². The molecule has 0 saturated carbocycles. The van der Waals surface area contributed by atoms with Crippen molar-refractivity contribution in [3.63, 3.8) is 0 Å². The minimum absolute atomic E-state index is 0.0737. The third-order valence-electron chi connectivity index (χ3n) is 2.09. The fourth-order valence-electron chi connectivity index (χ4n) is 1.45. The predicted octanol–water partition coefficient (Wildman–Crippen LogP) is 1.62. The van der Waals surface area contributed by atoms with Gasteiger partial charge < -0.3 is 5.32 Å². The summed E-state index contributed by atoms with van der Waals surface area (Å²) in [6, 6.07) is 0.307. The topological polar surface area (TPSA) is 29.1 Å². The Morgan fingerprint density at radius 1 is 1.73 bits per heavy atom. The van der Waals surface area contributed by atoms with E-state index in [0.717, 1.165) is 6.42 Å². The van der Waals surface area contributed by atoms with Gasteiger partial charge in [-0.05, 0) is 26.2 Å². The minimum Gasteiger partial charge on any atom is -0.350 e. The normalized spacial score (nSPS) is 24.2. The first-order valence-electron chi connectivity index (χ1n) is 4.14. The lowest BCUT2D eigenvalue weighted by atomic mass is 9.95. The summed E-state index contributed by atoms with van der Waals surface area (Å²) in [6.45, 7) is 3.65. The second-order valence-electron chi connectivity index (χ2n) is 3.13. The highest BCUT2D eigenvalue weighted by Crippen LogP contribution is 2.17. The summed E-state index contributed by atoms with van der Waals surface area (Å²) in [5.41, 5.74) is 1.31. The smallest absolute Gasteiger partial charge is 0.217 e. The maximum absolute atomic E-state index is 10.7. The van der Waals surface area contributed by atoms with Crippen LogP contribution in [0.2, 0.25) is 0 Å². The summed E-state index contributed by atoms with van der Waals surface area (Å²) in [6.07, 6.45) is 5.68. The molecular weight excluding hydrogens is 138 g/mol. The van der Waals surface area contributed by atoms with Gasteiger partial charge in [0.2, 0.25) is 5.91 Å². The van der Waals surface area contributed by atoms with Gasteiger partial charge in [0.25, 0.3) is 0 Å². The zero-order chi connectivity index (χ0) is 8.27. The zero-order valence-corrected chi connectivity index (χ0v) is 7.18. The lowest BCUT2D eigenvalue weighted by Crippen LogP contribution is -2.35. The van der Waals surface area contributed by atoms with Gasteiger partial charge in [0.15, 0.2) is 0 Å². The van der Waals surface area contributed by atoms with Crippen molar-refractivity contribution in [1.29, 1.82) is 0 Å².